The fourth-order valence-corrected chi connectivity index (χ4v) is 0.646. The zero-order chi connectivity index (χ0) is 5.70. The Morgan fingerprint density at radius 1 is 2.00 bits per heavy atom. The molecule has 0 saturated carbocycles. The van der Waals surface area contributed by atoms with Gasteiger partial charge in [0.15, 0.2) is 4.17 Å². The molecule has 4 heteroatoms. The van der Waals surface area contributed by atoms with Gasteiger partial charge in [-0.3, -0.25) is 5.32 Å². The summed E-state index contributed by atoms with van der Waals surface area (Å²) in [4.78, 5) is 9.57. The molecule has 7 heavy (non-hydrogen) atoms. The number of nitroso groups, excluding NO2 is 1. The Labute approximate surface area is 56.0 Å². The Morgan fingerprint density at radius 3 is 2.71 bits per heavy atom. The van der Waals surface area contributed by atoms with E-state index in [-0.39, 0.29) is 4.17 Å². The van der Waals surface area contributed by atoms with Crippen molar-refractivity contribution in [2.45, 2.75) is 11.1 Å². The van der Waals surface area contributed by atoms with Crippen LogP contribution >= 0.6 is 22.6 Å². The Kier molecular flexibility index (Phi) is 4.63. The maximum absolute atomic E-state index is 9.57. The molecule has 0 rings (SSSR count). The summed E-state index contributed by atoms with van der Waals surface area (Å²) in [5.41, 5.74) is 0. The van der Waals surface area contributed by atoms with Crippen LogP contribution in [0.25, 0.3) is 0 Å². The summed E-state index contributed by atoms with van der Waals surface area (Å²) in [6.07, 6.45) is 0. The van der Waals surface area contributed by atoms with E-state index < -0.39 is 0 Å². The second-order valence-electron chi connectivity index (χ2n) is 0.999. The van der Waals surface area contributed by atoms with Gasteiger partial charge in [-0.15, -0.1) is 4.91 Å². The third kappa shape index (κ3) is 4.14. The maximum atomic E-state index is 9.57. The van der Waals surface area contributed by atoms with E-state index in [4.69, 9.17) is 0 Å². The van der Waals surface area contributed by atoms with Gasteiger partial charge >= 0.3 is 0 Å². The van der Waals surface area contributed by atoms with Crippen LogP contribution in [-0.4, -0.2) is 10.7 Å². The first-order chi connectivity index (χ1) is 3.31. The third-order valence-corrected chi connectivity index (χ3v) is 1.13. The second-order valence-corrected chi connectivity index (χ2v) is 2.18. The molecule has 0 amide bonds. The Hall–Kier alpha value is 0.290. The van der Waals surface area contributed by atoms with Crippen molar-refractivity contribution in [3.8, 4) is 0 Å². The summed E-state index contributed by atoms with van der Waals surface area (Å²) in [6.45, 7) is 2.72. The Bertz CT molecular complexity index is 58.9. The van der Waals surface area contributed by atoms with E-state index in [0.29, 0.717) is 0 Å². The topological polar surface area (TPSA) is 41.5 Å². The number of nitrogens with one attached hydrogen (secondary N) is 1. The van der Waals surface area contributed by atoms with E-state index in [1.807, 2.05) is 29.5 Å². The molecule has 3 nitrogen and oxygen atoms in total. The largest absolute Gasteiger partial charge is 0.285 e. The Balaban J connectivity index is 2.98. The second kappa shape index (κ2) is 4.45. The number of nitrogens with zero attached hydrogens (tertiary/aromatic N) is 1. The van der Waals surface area contributed by atoms with E-state index in [1.54, 1.807) is 0 Å². The van der Waals surface area contributed by atoms with Crippen LogP contribution in [0.4, 0.5) is 0 Å². The fourth-order valence-electron chi connectivity index (χ4n) is 0.206. The number of alkyl halides is 1. The van der Waals surface area contributed by atoms with Crippen molar-refractivity contribution >= 4 is 22.6 Å². The van der Waals surface area contributed by atoms with Gasteiger partial charge in [0.25, 0.3) is 0 Å². The molecule has 0 bridgehead atoms. The molecule has 0 heterocycles. The van der Waals surface area contributed by atoms with Crippen LogP contribution in [0.1, 0.15) is 6.92 Å². The Morgan fingerprint density at radius 2 is 2.57 bits per heavy atom. The average Bonchev–Trinajstić information content (AvgIpc) is 1.68. The standard InChI is InChI=1S/C3H7IN2O/c1-2-5-3(4)6-7/h3,5H,2H2,1H3/t3-/m1/s1. The zero-order valence-electron chi connectivity index (χ0n) is 4.02. The number of hydrogen-bond acceptors (Lipinski definition) is 3. The summed E-state index contributed by atoms with van der Waals surface area (Å²) < 4.78 is -0.261. The molecule has 1 N–H and O–H groups in total. The van der Waals surface area contributed by atoms with Gasteiger partial charge in [0.2, 0.25) is 0 Å². The van der Waals surface area contributed by atoms with Gasteiger partial charge in [-0.1, -0.05) is 6.92 Å². The highest BCUT2D eigenvalue weighted by molar-refractivity contribution is 14.1. The molecule has 0 fully saturated rings. The van der Waals surface area contributed by atoms with Gasteiger partial charge in [0.05, 0.1) is 0 Å². The molecule has 0 aromatic carbocycles. The summed E-state index contributed by atoms with van der Waals surface area (Å²) in [7, 11) is 0. The van der Waals surface area contributed by atoms with Crippen molar-refractivity contribution in [3.63, 3.8) is 0 Å². The molecular weight excluding hydrogens is 207 g/mol. The minimum Gasteiger partial charge on any atom is -0.285 e. The van der Waals surface area contributed by atoms with E-state index in [0.717, 1.165) is 6.54 Å². The van der Waals surface area contributed by atoms with Gasteiger partial charge in [-0.05, 0) is 34.3 Å². The lowest BCUT2D eigenvalue weighted by atomic mass is 10.8. The molecule has 0 saturated heterocycles. The maximum Gasteiger partial charge on any atom is 0.193 e. The number of hydrogen-bond donors (Lipinski definition) is 1. The van der Waals surface area contributed by atoms with E-state index >= 15 is 0 Å². The van der Waals surface area contributed by atoms with Crippen molar-refractivity contribution in [3.05, 3.63) is 4.91 Å². The smallest absolute Gasteiger partial charge is 0.193 e. The van der Waals surface area contributed by atoms with Crippen molar-refractivity contribution in [2.24, 2.45) is 5.18 Å². The van der Waals surface area contributed by atoms with Crippen LogP contribution < -0.4 is 5.32 Å². The summed E-state index contributed by atoms with van der Waals surface area (Å²) in [6, 6.07) is 0. The first-order valence-electron chi connectivity index (χ1n) is 2.01. The van der Waals surface area contributed by atoms with Gasteiger partial charge in [-0.2, -0.15) is 0 Å². The van der Waals surface area contributed by atoms with Gasteiger partial charge in [0, 0.05) is 0 Å². The molecule has 1 atom stereocenters. The van der Waals surface area contributed by atoms with Crippen molar-refractivity contribution < 1.29 is 0 Å². The highest BCUT2D eigenvalue weighted by atomic mass is 127. The predicted octanol–water partition coefficient (Wildman–Crippen LogP) is 1.08. The van der Waals surface area contributed by atoms with E-state index in [9.17, 15) is 4.91 Å². The normalized spacial score (nSPS) is 13.4. The van der Waals surface area contributed by atoms with Crippen molar-refractivity contribution in [2.75, 3.05) is 6.54 Å². The molecule has 0 aliphatic heterocycles. The first kappa shape index (κ1) is 7.29. The monoisotopic (exact) mass is 214 g/mol. The number of halogens is 1. The van der Waals surface area contributed by atoms with Gasteiger partial charge < -0.3 is 0 Å². The molecular formula is C3H7IN2O. The fraction of sp³-hybridized carbons (Fsp3) is 1.00. The van der Waals surface area contributed by atoms with Crippen LogP contribution in [0.15, 0.2) is 5.18 Å². The molecule has 42 valence electrons. The van der Waals surface area contributed by atoms with Crippen LogP contribution in [0.3, 0.4) is 0 Å². The lowest BCUT2D eigenvalue weighted by Crippen LogP contribution is -2.19. The quantitative estimate of drug-likeness (QED) is 0.330. The van der Waals surface area contributed by atoms with E-state index in [2.05, 4.69) is 10.5 Å². The first-order valence-corrected chi connectivity index (χ1v) is 3.25. The summed E-state index contributed by atoms with van der Waals surface area (Å²) in [5.74, 6) is 0. The minimum atomic E-state index is -0.261. The van der Waals surface area contributed by atoms with Gasteiger partial charge in [-0.25, -0.2) is 0 Å². The average molecular weight is 214 g/mol. The predicted molar refractivity (Wildman–Crippen MR) is 37.3 cm³/mol. The molecule has 0 aliphatic carbocycles. The van der Waals surface area contributed by atoms with Crippen molar-refractivity contribution in [1.29, 1.82) is 0 Å². The lowest BCUT2D eigenvalue weighted by Gasteiger charge is -1.96. The van der Waals surface area contributed by atoms with Crippen LogP contribution in [0.2, 0.25) is 0 Å². The lowest BCUT2D eigenvalue weighted by molar-refractivity contribution is 0.717. The molecule has 0 aliphatic rings. The van der Waals surface area contributed by atoms with Crippen LogP contribution in [0, 0.1) is 4.91 Å². The molecule has 0 aromatic rings. The molecule has 0 unspecified atom stereocenters. The highest BCUT2D eigenvalue weighted by Crippen LogP contribution is 1.93. The van der Waals surface area contributed by atoms with Crippen LogP contribution in [-0.2, 0) is 0 Å². The summed E-state index contributed by atoms with van der Waals surface area (Å²) in [5, 5.41) is 5.51. The number of rotatable bonds is 3. The zero-order valence-corrected chi connectivity index (χ0v) is 6.18. The van der Waals surface area contributed by atoms with Gasteiger partial charge in [0.1, 0.15) is 0 Å². The SMILES string of the molecule is CCN[C@@H](I)N=O. The molecule has 0 radical (unpaired) electrons. The third-order valence-electron chi connectivity index (χ3n) is 0.465. The molecule has 0 aromatic heterocycles. The van der Waals surface area contributed by atoms with Crippen molar-refractivity contribution in [1.82, 2.24) is 5.32 Å². The van der Waals surface area contributed by atoms with E-state index in [1.165, 1.54) is 0 Å². The molecule has 0 spiro atoms. The minimum absolute atomic E-state index is 0.261. The summed E-state index contributed by atoms with van der Waals surface area (Å²) >= 11 is 1.92. The highest BCUT2D eigenvalue weighted by Gasteiger charge is 1.94. The van der Waals surface area contributed by atoms with Crippen LogP contribution in [0.5, 0.6) is 0 Å².